The summed E-state index contributed by atoms with van der Waals surface area (Å²) < 4.78 is 0. The number of carbonyl (C=O) groups is 1. The summed E-state index contributed by atoms with van der Waals surface area (Å²) >= 11 is 0. The van der Waals surface area contributed by atoms with Gasteiger partial charge >= 0.3 is 0 Å². The largest absolute Gasteiger partial charge is 0.392 e. The maximum absolute atomic E-state index is 10.9. The topological polar surface area (TPSA) is 69.6 Å². The standard InChI is InChI=1S/C7H15NO3/c1-5(9)4-8-6(10)7(2,3)11/h5,9,11H,4H2,1-3H3,(H,8,10). The van der Waals surface area contributed by atoms with Crippen LogP contribution < -0.4 is 5.32 Å². The Kier molecular flexibility index (Phi) is 3.48. The van der Waals surface area contributed by atoms with Gasteiger partial charge in [0, 0.05) is 6.54 Å². The van der Waals surface area contributed by atoms with Gasteiger partial charge in [-0.3, -0.25) is 4.79 Å². The molecular weight excluding hydrogens is 146 g/mol. The minimum atomic E-state index is -1.37. The van der Waals surface area contributed by atoms with Gasteiger partial charge in [-0.15, -0.1) is 0 Å². The summed E-state index contributed by atoms with van der Waals surface area (Å²) in [6, 6.07) is 0. The Morgan fingerprint density at radius 1 is 1.64 bits per heavy atom. The molecule has 0 heterocycles. The Hall–Kier alpha value is -0.610. The van der Waals surface area contributed by atoms with Crippen molar-refractivity contribution < 1.29 is 15.0 Å². The zero-order valence-electron chi connectivity index (χ0n) is 7.09. The van der Waals surface area contributed by atoms with Crippen molar-refractivity contribution >= 4 is 5.91 Å². The molecule has 0 radical (unpaired) electrons. The zero-order chi connectivity index (χ0) is 9.07. The molecule has 1 amide bonds. The monoisotopic (exact) mass is 161 g/mol. The molecule has 0 fully saturated rings. The van der Waals surface area contributed by atoms with Crippen LogP contribution in [-0.4, -0.2) is 34.4 Å². The minimum absolute atomic E-state index is 0.169. The lowest BCUT2D eigenvalue weighted by molar-refractivity contribution is -0.136. The molecule has 3 N–H and O–H groups in total. The van der Waals surface area contributed by atoms with Crippen molar-refractivity contribution in [3.8, 4) is 0 Å². The molecular formula is C7H15NO3. The van der Waals surface area contributed by atoms with Gasteiger partial charge in [0.2, 0.25) is 0 Å². The number of aliphatic hydroxyl groups is 2. The highest BCUT2D eigenvalue weighted by Crippen LogP contribution is 1.99. The van der Waals surface area contributed by atoms with Crippen LogP contribution in [0.1, 0.15) is 20.8 Å². The SMILES string of the molecule is CC(O)CNC(=O)C(C)(C)O. The van der Waals surface area contributed by atoms with Gasteiger partial charge in [0.15, 0.2) is 0 Å². The number of nitrogens with one attached hydrogen (secondary N) is 1. The average molecular weight is 161 g/mol. The third-order valence-corrected chi connectivity index (χ3v) is 1.11. The molecule has 0 aromatic rings. The second-order valence-corrected chi connectivity index (χ2v) is 3.12. The van der Waals surface area contributed by atoms with E-state index in [0.29, 0.717) is 0 Å². The van der Waals surface area contributed by atoms with E-state index >= 15 is 0 Å². The first-order chi connectivity index (χ1) is 4.84. The number of hydrogen-bond acceptors (Lipinski definition) is 3. The molecule has 0 bridgehead atoms. The quantitative estimate of drug-likeness (QED) is 0.510. The molecule has 0 spiro atoms. The van der Waals surface area contributed by atoms with E-state index in [4.69, 9.17) is 10.2 Å². The number of amides is 1. The van der Waals surface area contributed by atoms with Gasteiger partial charge < -0.3 is 15.5 Å². The maximum atomic E-state index is 10.9. The second-order valence-electron chi connectivity index (χ2n) is 3.12. The van der Waals surface area contributed by atoms with Crippen LogP contribution in [-0.2, 0) is 4.79 Å². The summed E-state index contributed by atoms with van der Waals surface area (Å²) in [4.78, 5) is 10.9. The molecule has 0 aliphatic rings. The van der Waals surface area contributed by atoms with E-state index < -0.39 is 17.6 Å². The van der Waals surface area contributed by atoms with Crippen LogP contribution in [0.3, 0.4) is 0 Å². The minimum Gasteiger partial charge on any atom is -0.392 e. The van der Waals surface area contributed by atoms with E-state index in [1.807, 2.05) is 0 Å². The van der Waals surface area contributed by atoms with E-state index in [0.717, 1.165) is 0 Å². The van der Waals surface area contributed by atoms with Crippen LogP contribution in [0.15, 0.2) is 0 Å². The summed E-state index contributed by atoms with van der Waals surface area (Å²) in [5.41, 5.74) is -1.37. The molecule has 0 aromatic carbocycles. The van der Waals surface area contributed by atoms with Crippen LogP contribution in [0.2, 0.25) is 0 Å². The first-order valence-electron chi connectivity index (χ1n) is 3.53. The molecule has 4 nitrogen and oxygen atoms in total. The second kappa shape index (κ2) is 3.69. The summed E-state index contributed by atoms with van der Waals surface area (Å²) in [5, 5.41) is 20.3. The highest BCUT2D eigenvalue weighted by Gasteiger charge is 2.23. The predicted octanol–water partition coefficient (Wildman–Crippen LogP) is -0.746. The van der Waals surface area contributed by atoms with Crippen LogP contribution in [0.25, 0.3) is 0 Å². The van der Waals surface area contributed by atoms with Crippen LogP contribution in [0, 0.1) is 0 Å². The maximum Gasteiger partial charge on any atom is 0.251 e. The Morgan fingerprint density at radius 3 is 2.36 bits per heavy atom. The fraction of sp³-hybridized carbons (Fsp3) is 0.857. The van der Waals surface area contributed by atoms with Crippen molar-refractivity contribution in [2.45, 2.75) is 32.5 Å². The van der Waals surface area contributed by atoms with Crippen molar-refractivity contribution in [2.24, 2.45) is 0 Å². The van der Waals surface area contributed by atoms with Gasteiger partial charge in [-0.25, -0.2) is 0 Å². The lowest BCUT2D eigenvalue weighted by Crippen LogP contribution is -2.44. The van der Waals surface area contributed by atoms with E-state index in [1.165, 1.54) is 13.8 Å². The summed E-state index contributed by atoms with van der Waals surface area (Å²) in [6.07, 6.45) is -0.582. The first-order valence-corrected chi connectivity index (χ1v) is 3.53. The van der Waals surface area contributed by atoms with E-state index in [-0.39, 0.29) is 6.54 Å². The summed E-state index contributed by atoms with van der Waals surface area (Å²) in [7, 11) is 0. The molecule has 1 atom stereocenters. The molecule has 0 aromatic heterocycles. The van der Waals surface area contributed by atoms with E-state index in [2.05, 4.69) is 5.32 Å². The highest BCUT2D eigenvalue weighted by atomic mass is 16.3. The third kappa shape index (κ3) is 4.75. The molecule has 0 aliphatic carbocycles. The lowest BCUT2D eigenvalue weighted by atomic mass is 10.1. The van der Waals surface area contributed by atoms with Gasteiger partial charge in [-0.05, 0) is 20.8 Å². The van der Waals surface area contributed by atoms with E-state index in [1.54, 1.807) is 6.92 Å². The molecule has 4 heteroatoms. The Morgan fingerprint density at radius 2 is 2.09 bits per heavy atom. The third-order valence-electron chi connectivity index (χ3n) is 1.11. The van der Waals surface area contributed by atoms with Crippen molar-refractivity contribution in [1.82, 2.24) is 5.32 Å². The number of hydrogen-bond donors (Lipinski definition) is 3. The summed E-state index contributed by atoms with van der Waals surface area (Å²) in [6.45, 7) is 4.52. The predicted molar refractivity (Wildman–Crippen MR) is 41.0 cm³/mol. The van der Waals surface area contributed by atoms with Crippen LogP contribution in [0.5, 0.6) is 0 Å². The van der Waals surface area contributed by atoms with Gasteiger partial charge in [-0.2, -0.15) is 0 Å². The van der Waals surface area contributed by atoms with Gasteiger partial charge in [-0.1, -0.05) is 0 Å². The Labute approximate surface area is 66.2 Å². The zero-order valence-corrected chi connectivity index (χ0v) is 7.09. The highest BCUT2D eigenvalue weighted by molar-refractivity contribution is 5.83. The van der Waals surface area contributed by atoms with Gasteiger partial charge in [0.1, 0.15) is 5.60 Å². The average Bonchev–Trinajstić information content (AvgIpc) is 1.80. The van der Waals surface area contributed by atoms with Crippen molar-refractivity contribution in [1.29, 1.82) is 0 Å². The van der Waals surface area contributed by atoms with Gasteiger partial charge in [0.25, 0.3) is 5.91 Å². The molecule has 0 aliphatic heterocycles. The van der Waals surface area contributed by atoms with Gasteiger partial charge in [0.05, 0.1) is 6.10 Å². The van der Waals surface area contributed by atoms with Crippen molar-refractivity contribution in [2.75, 3.05) is 6.54 Å². The Bertz CT molecular complexity index is 137. The normalized spacial score (nSPS) is 14.3. The van der Waals surface area contributed by atoms with Crippen molar-refractivity contribution in [3.05, 3.63) is 0 Å². The molecule has 11 heavy (non-hydrogen) atoms. The summed E-state index contributed by atoms with van der Waals surface area (Å²) in [5.74, 6) is -0.474. The molecule has 66 valence electrons. The fourth-order valence-electron chi connectivity index (χ4n) is 0.457. The molecule has 0 saturated heterocycles. The number of carbonyl (C=O) groups excluding carboxylic acids is 1. The van der Waals surface area contributed by atoms with Crippen LogP contribution in [0.4, 0.5) is 0 Å². The lowest BCUT2D eigenvalue weighted by Gasteiger charge is -2.17. The van der Waals surface area contributed by atoms with E-state index in [9.17, 15) is 4.79 Å². The molecule has 1 unspecified atom stereocenters. The van der Waals surface area contributed by atoms with Crippen LogP contribution >= 0.6 is 0 Å². The molecule has 0 rings (SSSR count). The number of rotatable bonds is 3. The van der Waals surface area contributed by atoms with Crippen molar-refractivity contribution in [3.63, 3.8) is 0 Å². The smallest absolute Gasteiger partial charge is 0.251 e. The Balaban J connectivity index is 3.71. The first kappa shape index (κ1) is 10.4. The fourth-order valence-corrected chi connectivity index (χ4v) is 0.457. The number of aliphatic hydroxyl groups excluding tert-OH is 1. The molecule has 0 saturated carbocycles.